The average Bonchev–Trinajstić information content (AvgIpc) is 3.97. The van der Waals surface area contributed by atoms with Crippen LogP contribution in [0.3, 0.4) is 0 Å². The molecule has 4 aromatic heterocycles. The van der Waals surface area contributed by atoms with E-state index in [1.54, 1.807) is 17.9 Å². The monoisotopic (exact) mass is 668 g/mol. The minimum absolute atomic E-state index is 0.113. The first-order chi connectivity index (χ1) is 24.3. The Morgan fingerprint density at radius 2 is 1.84 bits per heavy atom. The largest absolute Gasteiger partial charge is 0.439 e. The molecule has 6 aromatic rings. The van der Waals surface area contributed by atoms with E-state index in [4.69, 9.17) is 4.42 Å². The van der Waals surface area contributed by atoms with Crippen molar-refractivity contribution in [2.45, 2.75) is 26.2 Å². The molecule has 3 aliphatic heterocycles. The van der Waals surface area contributed by atoms with E-state index in [2.05, 4.69) is 53.4 Å². The third-order valence-electron chi connectivity index (χ3n) is 10.4. The van der Waals surface area contributed by atoms with Gasteiger partial charge in [-0.25, -0.2) is 9.97 Å². The topological polar surface area (TPSA) is 142 Å². The number of fused-ring (bicyclic) bond motifs is 2. The molecule has 2 amide bonds. The third-order valence-corrected chi connectivity index (χ3v) is 10.4. The van der Waals surface area contributed by atoms with Gasteiger partial charge in [-0.1, -0.05) is 30.3 Å². The van der Waals surface area contributed by atoms with Crippen LogP contribution in [0.15, 0.2) is 71.4 Å². The molecular weight excluding hydrogens is 632 g/mol. The molecule has 9 rings (SSSR count). The molecule has 2 fully saturated rings. The van der Waals surface area contributed by atoms with Crippen LogP contribution in [0.1, 0.15) is 30.7 Å². The Hall–Kier alpha value is -5.69. The number of aromatic amines is 1. The van der Waals surface area contributed by atoms with E-state index in [-0.39, 0.29) is 11.8 Å². The highest BCUT2D eigenvalue weighted by Crippen LogP contribution is 2.43. The molecule has 1 N–H and O–H groups in total. The summed E-state index contributed by atoms with van der Waals surface area (Å²) in [4.78, 5) is 46.8. The van der Waals surface area contributed by atoms with Crippen molar-refractivity contribution in [2.75, 3.05) is 44.2 Å². The van der Waals surface area contributed by atoms with Gasteiger partial charge in [0.25, 0.3) is 0 Å². The van der Waals surface area contributed by atoms with Crippen LogP contribution < -0.4 is 4.90 Å². The van der Waals surface area contributed by atoms with Crippen LogP contribution >= 0.6 is 0 Å². The molecule has 13 heteroatoms. The van der Waals surface area contributed by atoms with Gasteiger partial charge < -0.3 is 14.2 Å². The number of nitrogens with zero attached hydrogens (tertiary/aromatic N) is 9. The van der Waals surface area contributed by atoms with Crippen LogP contribution in [0.4, 0.5) is 5.69 Å². The van der Waals surface area contributed by atoms with Crippen molar-refractivity contribution < 1.29 is 14.0 Å². The number of likely N-dealkylation sites (tertiary alicyclic amines) is 1. The van der Waals surface area contributed by atoms with Gasteiger partial charge >= 0.3 is 0 Å². The Kier molecular flexibility index (Phi) is 7.12. The lowest BCUT2D eigenvalue weighted by atomic mass is 9.85. The van der Waals surface area contributed by atoms with Gasteiger partial charge in [-0.2, -0.15) is 15.2 Å². The predicted molar refractivity (Wildman–Crippen MR) is 188 cm³/mol. The number of hydrogen-bond donors (Lipinski definition) is 1. The Morgan fingerprint density at radius 3 is 2.64 bits per heavy atom. The van der Waals surface area contributed by atoms with E-state index < -0.39 is 5.41 Å². The third kappa shape index (κ3) is 5.25. The van der Waals surface area contributed by atoms with Crippen LogP contribution in [-0.4, -0.2) is 95.8 Å². The van der Waals surface area contributed by atoms with E-state index >= 15 is 0 Å². The summed E-state index contributed by atoms with van der Waals surface area (Å²) in [5, 5.41) is 12.9. The minimum atomic E-state index is -0.474. The summed E-state index contributed by atoms with van der Waals surface area (Å²) >= 11 is 0. The molecular formula is C37H36N10O3. The van der Waals surface area contributed by atoms with E-state index in [1.807, 2.05) is 59.3 Å². The summed E-state index contributed by atoms with van der Waals surface area (Å²) in [6.45, 7) is 5.37. The molecule has 0 aliphatic carbocycles. The predicted octanol–water partition coefficient (Wildman–Crippen LogP) is 4.61. The molecule has 3 aliphatic rings. The summed E-state index contributed by atoms with van der Waals surface area (Å²) in [5.74, 6) is 1.51. The maximum absolute atomic E-state index is 14.0. The maximum Gasteiger partial charge on any atom is 0.237 e. The lowest BCUT2D eigenvalue weighted by Crippen LogP contribution is -2.43. The highest BCUT2D eigenvalue weighted by molar-refractivity contribution is 6.03. The zero-order valence-electron chi connectivity index (χ0n) is 28.0. The second-order valence-electron chi connectivity index (χ2n) is 13.6. The fourth-order valence-electron chi connectivity index (χ4n) is 7.72. The molecule has 50 heavy (non-hydrogen) atoms. The Labute approximate surface area is 287 Å². The molecule has 0 saturated carbocycles. The highest BCUT2D eigenvalue weighted by Gasteiger charge is 2.51. The van der Waals surface area contributed by atoms with Crippen molar-refractivity contribution in [3.63, 3.8) is 0 Å². The molecule has 1 spiro atoms. The van der Waals surface area contributed by atoms with Gasteiger partial charge in [0.1, 0.15) is 12.0 Å². The van der Waals surface area contributed by atoms with Gasteiger partial charge in [-0.3, -0.25) is 24.3 Å². The van der Waals surface area contributed by atoms with Crippen molar-refractivity contribution in [1.29, 1.82) is 0 Å². The number of carbonyl (C=O) groups excluding carboxylic acids is 2. The number of pyridine rings is 1. The van der Waals surface area contributed by atoms with E-state index in [1.165, 1.54) is 5.57 Å². The number of carbonyl (C=O) groups is 2. The first-order valence-electron chi connectivity index (χ1n) is 17.0. The van der Waals surface area contributed by atoms with Crippen LogP contribution in [0.5, 0.6) is 0 Å². The summed E-state index contributed by atoms with van der Waals surface area (Å²) in [6, 6.07) is 18.0. The van der Waals surface area contributed by atoms with E-state index in [0.29, 0.717) is 67.1 Å². The highest BCUT2D eigenvalue weighted by atomic mass is 16.3. The fraction of sp³-hybridized carbons (Fsp3) is 0.324. The number of anilines is 1. The van der Waals surface area contributed by atoms with Gasteiger partial charge in [0.2, 0.25) is 11.8 Å². The van der Waals surface area contributed by atoms with E-state index in [0.717, 1.165) is 53.5 Å². The smallest absolute Gasteiger partial charge is 0.237 e. The number of aromatic nitrogens is 7. The number of oxazole rings is 1. The number of amides is 2. The van der Waals surface area contributed by atoms with Gasteiger partial charge in [0.05, 0.1) is 23.2 Å². The van der Waals surface area contributed by atoms with Gasteiger partial charge in [0.15, 0.2) is 22.9 Å². The number of hydrogen-bond acceptors (Lipinski definition) is 9. The van der Waals surface area contributed by atoms with Crippen LogP contribution in [0.25, 0.3) is 50.5 Å². The Morgan fingerprint density at radius 1 is 1.00 bits per heavy atom. The normalized spacial score (nSPS) is 19.8. The Bertz CT molecular complexity index is 2320. The van der Waals surface area contributed by atoms with Gasteiger partial charge in [0, 0.05) is 56.8 Å². The lowest BCUT2D eigenvalue weighted by Gasteiger charge is -2.29. The van der Waals surface area contributed by atoms with Crippen LogP contribution in [0, 0.1) is 12.3 Å². The molecule has 0 bridgehead atoms. The lowest BCUT2D eigenvalue weighted by molar-refractivity contribution is -0.132. The average molecular weight is 669 g/mol. The molecule has 2 saturated heterocycles. The Balaban J connectivity index is 0.842. The number of nitrogens with one attached hydrogen (secondary N) is 1. The standard InChI is InChI=1S/C37H36N10O3/c1-23-39-35-31(50-23)10-9-30(40-35)33-28-19-27(7-8-29(28)41-42-33)47-18-14-37(36(47)49)13-17-45(21-37)20-32(48)46-15-11-25(12-16-46)24-3-5-26(6-4-24)34-38-22-44(2)43-34/h3-11,19,22H,12-18,20-21H2,1-2H3,(H,41,42)/t37-/m0/s1. The number of rotatable bonds is 6. The fourth-order valence-corrected chi connectivity index (χ4v) is 7.72. The first-order valence-corrected chi connectivity index (χ1v) is 17.0. The molecule has 7 heterocycles. The summed E-state index contributed by atoms with van der Waals surface area (Å²) in [7, 11) is 1.86. The number of H-pyrrole nitrogens is 1. The number of aryl methyl sites for hydroxylation is 2. The molecule has 2 aromatic carbocycles. The van der Waals surface area contributed by atoms with Gasteiger partial charge in [-0.05, 0) is 67.3 Å². The quantitative estimate of drug-likeness (QED) is 0.269. The van der Waals surface area contributed by atoms with Crippen molar-refractivity contribution in [2.24, 2.45) is 12.5 Å². The van der Waals surface area contributed by atoms with E-state index in [9.17, 15) is 9.59 Å². The van der Waals surface area contributed by atoms with Crippen molar-refractivity contribution >= 4 is 45.2 Å². The second kappa shape index (κ2) is 11.7. The molecule has 0 unspecified atom stereocenters. The van der Waals surface area contributed by atoms with Crippen LogP contribution in [0.2, 0.25) is 0 Å². The number of benzene rings is 2. The van der Waals surface area contributed by atoms with Crippen molar-refractivity contribution in [3.05, 3.63) is 78.5 Å². The SMILES string of the molecule is Cc1nc2nc(-c3n[nH]c4ccc(N5CC[C@]6(CCN(CC(=O)N7CC=C(c8ccc(-c9ncn(C)n9)cc8)CC7)C6)C5=O)cc34)ccc2o1. The zero-order chi connectivity index (χ0) is 34.0. The van der Waals surface area contributed by atoms with Gasteiger partial charge in [-0.15, -0.1) is 0 Å². The van der Waals surface area contributed by atoms with Crippen LogP contribution in [-0.2, 0) is 16.6 Å². The minimum Gasteiger partial charge on any atom is -0.439 e. The first kappa shape index (κ1) is 30.4. The molecule has 1 atom stereocenters. The molecule has 0 radical (unpaired) electrons. The summed E-state index contributed by atoms with van der Waals surface area (Å²) < 4.78 is 7.28. The maximum atomic E-state index is 14.0. The zero-order valence-corrected chi connectivity index (χ0v) is 28.0. The summed E-state index contributed by atoms with van der Waals surface area (Å²) in [6.07, 6.45) is 6.18. The van der Waals surface area contributed by atoms with Crippen molar-refractivity contribution in [1.82, 2.24) is 44.7 Å². The van der Waals surface area contributed by atoms with Crippen molar-refractivity contribution in [3.8, 4) is 22.8 Å². The molecule has 13 nitrogen and oxygen atoms in total. The summed E-state index contributed by atoms with van der Waals surface area (Å²) in [5.41, 5.74) is 7.17. The second-order valence-corrected chi connectivity index (χ2v) is 13.6. The molecule has 252 valence electrons.